The molecule has 0 radical (unpaired) electrons. The highest BCUT2D eigenvalue weighted by molar-refractivity contribution is 6.34. The zero-order chi connectivity index (χ0) is 25.4. The fourth-order valence-corrected chi connectivity index (χ4v) is 4.31. The molecule has 0 bridgehead atoms. The number of rotatable bonds is 5. The van der Waals surface area contributed by atoms with Gasteiger partial charge in [0.1, 0.15) is 5.69 Å². The molecule has 5 aromatic rings. The third-order valence-corrected chi connectivity index (χ3v) is 6.07. The van der Waals surface area contributed by atoms with Crippen LogP contribution >= 0.6 is 0 Å². The molecule has 1 aliphatic heterocycles. The molecule has 0 unspecified atom stereocenters. The van der Waals surface area contributed by atoms with Crippen LogP contribution in [-0.2, 0) is 0 Å². The number of aromatic nitrogens is 3. The van der Waals surface area contributed by atoms with E-state index in [1.54, 1.807) is 77.9 Å². The molecule has 1 N–H and O–H groups in total. The Kier molecular flexibility index (Phi) is 5.39. The summed E-state index contributed by atoms with van der Waals surface area (Å²) in [5, 5.41) is 7.54. The van der Waals surface area contributed by atoms with Crippen LogP contribution in [0.4, 0.5) is 11.4 Å². The van der Waals surface area contributed by atoms with Gasteiger partial charge in [-0.3, -0.25) is 19.4 Å². The summed E-state index contributed by atoms with van der Waals surface area (Å²) in [7, 11) is 0. The van der Waals surface area contributed by atoms with Gasteiger partial charge < -0.3 is 5.32 Å². The monoisotopic (exact) mass is 485 g/mol. The van der Waals surface area contributed by atoms with E-state index in [-0.39, 0.29) is 5.91 Å². The van der Waals surface area contributed by atoms with Crippen molar-refractivity contribution in [2.75, 3.05) is 10.2 Å². The topological polar surface area (TPSA) is 97.2 Å². The van der Waals surface area contributed by atoms with Crippen LogP contribution in [0.5, 0.6) is 0 Å². The van der Waals surface area contributed by atoms with E-state index in [2.05, 4.69) is 15.4 Å². The van der Waals surface area contributed by atoms with Crippen LogP contribution in [-0.4, -0.2) is 32.5 Å². The highest BCUT2D eigenvalue weighted by Crippen LogP contribution is 2.30. The smallest absolute Gasteiger partial charge is 0.266 e. The second kappa shape index (κ2) is 9.01. The standard InChI is InChI=1S/C29H19N5O3/c35-27(25-18-33(21-10-2-1-3-11-21)32-26(25)19-8-7-15-30-17-19)31-20-9-6-12-22(16-20)34-28(36)23-13-4-5-14-24(23)29(34)37/h1-18H,(H,31,35). The van der Waals surface area contributed by atoms with Gasteiger partial charge in [-0.2, -0.15) is 5.10 Å². The normalized spacial score (nSPS) is 12.5. The van der Waals surface area contributed by atoms with Crippen LogP contribution in [0.15, 0.2) is 110 Å². The number of carbonyl (C=O) groups is 3. The number of fused-ring (bicyclic) bond motifs is 1. The van der Waals surface area contributed by atoms with E-state index in [4.69, 9.17) is 0 Å². The van der Waals surface area contributed by atoms with E-state index in [9.17, 15) is 14.4 Å². The van der Waals surface area contributed by atoms with Crippen LogP contribution < -0.4 is 10.2 Å². The Morgan fingerprint density at radius 1 is 0.757 bits per heavy atom. The molecule has 8 nitrogen and oxygen atoms in total. The van der Waals surface area contributed by atoms with E-state index in [1.165, 1.54) is 0 Å². The summed E-state index contributed by atoms with van der Waals surface area (Å²) >= 11 is 0. The van der Waals surface area contributed by atoms with Gasteiger partial charge in [0.2, 0.25) is 0 Å². The van der Waals surface area contributed by atoms with E-state index >= 15 is 0 Å². The number of pyridine rings is 1. The highest BCUT2D eigenvalue weighted by atomic mass is 16.2. The molecule has 37 heavy (non-hydrogen) atoms. The van der Waals surface area contributed by atoms with Crippen molar-refractivity contribution < 1.29 is 14.4 Å². The molecule has 2 aromatic heterocycles. The number of para-hydroxylation sites is 1. The maximum absolute atomic E-state index is 13.5. The summed E-state index contributed by atoms with van der Waals surface area (Å²) in [6.07, 6.45) is 4.97. The molecular weight excluding hydrogens is 466 g/mol. The van der Waals surface area contributed by atoms with Crippen LogP contribution in [0.1, 0.15) is 31.1 Å². The summed E-state index contributed by atoms with van der Waals surface area (Å²) < 4.78 is 1.65. The summed E-state index contributed by atoms with van der Waals surface area (Å²) in [5.41, 5.74) is 3.85. The number of carbonyl (C=O) groups excluding carboxylic acids is 3. The van der Waals surface area contributed by atoms with Gasteiger partial charge in [0.25, 0.3) is 17.7 Å². The molecule has 0 saturated carbocycles. The Bertz CT molecular complexity index is 1630. The third kappa shape index (κ3) is 3.96. The van der Waals surface area contributed by atoms with Crippen LogP contribution in [0, 0.1) is 0 Å². The van der Waals surface area contributed by atoms with Crippen molar-refractivity contribution >= 4 is 29.1 Å². The number of anilines is 2. The summed E-state index contributed by atoms with van der Waals surface area (Å²) in [5.74, 6) is -1.18. The predicted octanol–water partition coefficient (Wildman–Crippen LogP) is 4.99. The first-order valence-electron chi connectivity index (χ1n) is 11.5. The highest BCUT2D eigenvalue weighted by Gasteiger charge is 2.36. The lowest BCUT2D eigenvalue weighted by Crippen LogP contribution is -2.29. The molecule has 0 saturated heterocycles. The first kappa shape index (κ1) is 22.1. The molecule has 3 aromatic carbocycles. The van der Waals surface area contributed by atoms with Crippen molar-refractivity contribution in [2.45, 2.75) is 0 Å². The van der Waals surface area contributed by atoms with Gasteiger partial charge in [-0.05, 0) is 54.6 Å². The molecule has 3 amide bonds. The zero-order valence-electron chi connectivity index (χ0n) is 19.4. The molecule has 3 heterocycles. The Morgan fingerprint density at radius 3 is 2.16 bits per heavy atom. The summed E-state index contributed by atoms with van der Waals surface area (Å²) in [4.78, 5) is 44.5. The fraction of sp³-hybridized carbons (Fsp3) is 0. The first-order chi connectivity index (χ1) is 18.1. The third-order valence-electron chi connectivity index (χ3n) is 6.07. The van der Waals surface area contributed by atoms with Gasteiger partial charge in [-0.25, -0.2) is 9.58 Å². The lowest BCUT2D eigenvalue weighted by molar-refractivity contribution is 0.0925. The van der Waals surface area contributed by atoms with Gasteiger partial charge in [0.15, 0.2) is 0 Å². The van der Waals surface area contributed by atoms with Crippen LogP contribution in [0.2, 0.25) is 0 Å². The molecule has 0 spiro atoms. The van der Waals surface area contributed by atoms with E-state index < -0.39 is 11.8 Å². The van der Waals surface area contributed by atoms with Crippen molar-refractivity contribution in [3.63, 3.8) is 0 Å². The Labute approximate surface area is 211 Å². The number of imide groups is 1. The number of benzene rings is 3. The second-order valence-electron chi connectivity index (χ2n) is 8.41. The Balaban J connectivity index is 1.33. The molecule has 0 atom stereocenters. The number of hydrogen-bond acceptors (Lipinski definition) is 5. The Morgan fingerprint density at radius 2 is 1.46 bits per heavy atom. The Hall–Kier alpha value is -5.37. The minimum absolute atomic E-state index is 0.350. The molecule has 178 valence electrons. The number of nitrogens with zero attached hydrogens (tertiary/aromatic N) is 4. The summed E-state index contributed by atoms with van der Waals surface area (Å²) in [6, 6.07) is 26.5. The van der Waals surface area contributed by atoms with Gasteiger partial charge in [0.05, 0.1) is 28.1 Å². The predicted molar refractivity (Wildman–Crippen MR) is 139 cm³/mol. The van der Waals surface area contributed by atoms with Gasteiger partial charge in [0, 0.05) is 29.8 Å². The van der Waals surface area contributed by atoms with Gasteiger partial charge in [-0.1, -0.05) is 36.4 Å². The quantitative estimate of drug-likeness (QED) is 0.354. The zero-order valence-corrected chi connectivity index (χ0v) is 19.4. The minimum atomic E-state index is -0.396. The molecule has 8 heteroatoms. The van der Waals surface area contributed by atoms with Crippen molar-refractivity contribution in [3.8, 4) is 16.9 Å². The fourth-order valence-electron chi connectivity index (χ4n) is 4.31. The van der Waals surface area contributed by atoms with Crippen LogP contribution in [0.3, 0.4) is 0 Å². The SMILES string of the molecule is O=C(Nc1cccc(N2C(=O)c3ccccc3C2=O)c1)c1cn(-c2ccccc2)nc1-c1cccnc1. The maximum atomic E-state index is 13.5. The average Bonchev–Trinajstić information content (AvgIpc) is 3.50. The number of nitrogens with one attached hydrogen (secondary N) is 1. The van der Waals surface area contributed by atoms with E-state index in [0.717, 1.165) is 10.6 Å². The second-order valence-corrected chi connectivity index (χ2v) is 8.41. The first-order valence-corrected chi connectivity index (χ1v) is 11.5. The average molecular weight is 486 g/mol. The van der Waals surface area contributed by atoms with Crippen molar-refractivity contribution in [2.24, 2.45) is 0 Å². The van der Waals surface area contributed by atoms with Crippen molar-refractivity contribution in [1.29, 1.82) is 0 Å². The molecule has 0 aliphatic carbocycles. The lowest BCUT2D eigenvalue weighted by atomic mass is 10.1. The van der Waals surface area contributed by atoms with Crippen molar-refractivity contribution in [3.05, 3.63) is 126 Å². The number of hydrogen-bond donors (Lipinski definition) is 1. The largest absolute Gasteiger partial charge is 0.322 e. The number of amides is 3. The molecule has 1 aliphatic rings. The van der Waals surface area contributed by atoms with Gasteiger partial charge in [-0.15, -0.1) is 0 Å². The van der Waals surface area contributed by atoms with Crippen molar-refractivity contribution in [1.82, 2.24) is 14.8 Å². The minimum Gasteiger partial charge on any atom is -0.322 e. The van der Waals surface area contributed by atoms with Gasteiger partial charge >= 0.3 is 0 Å². The maximum Gasteiger partial charge on any atom is 0.266 e. The molecular formula is C29H19N5O3. The summed E-state index contributed by atoms with van der Waals surface area (Å²) in [6.45, 7) is 0. The molecule has 0 fully saturated rings. The van der Waals surface area contributed by atoms with Crippen LogP contribution in [0.25, 0.3) is 16.9 Å². The lowest BCUT2D eigenvalue weighted by Gasteiger charge is -2.15. The molecule has 6 rings (SSSR count). The van der Waals surface area contributed by atoms with E-state index in [0.29, 0.717) is 39.3 Å². The van der Waals surface area contributed by atoms with E-state index in [1.807, 2.05) is 36.4 Å².